The Kier molecular flexibility index (Phi) is 4.75. The number of rotatable bonds is 3. The Labute approximate surface area is 126 Å². The molecule has 4 nitrogen and oxygen atoms in total. The molecular formula is C13H16F3N3OS. The molecule has 1 aliphatic rings. The Morgan fingerprint density at radius 3 is 2.76 bits per heavy atom. The lowest BCUT2D eigenvalue weighted by molar-refractivity contribution is -0.142. The third-order valence-electron chi connectivity index (χ3n) is 3.44. The minimum Gasteiger partial charge on any atom is -0.355 e. The lowest BCUT2D eigenvalue weighted by atomic mass is 9.85. The number of nitrogens with zero attached hydrogens (tertiary/aromatic N) is 2. The van der Waals surface area contributed by atoms with E-state index in [4.69, 9.17) is 0 Å². The first-order valence-corrected chi connectivity index (χ1v) is 7.28. The second kappa shape index (κ2) is 6.21. The first kappa shape index (κ1) is 16.1. The number of aryl methyl sites for hydroxylation is 2. The summed E-state index contributed by atoms with van der Waals surface area (Å²) in [6.45, 7) is 1.85. The molecule has 1 N–H and O–H groups in total. The van der Waals surface area contributed by atoms with Gasteiger partial charge in [-0.2, -0.15) is 25.8 Å². The van der Waals surface area contributed by atoms with E-state index in [0.717, 1.165) is 0 Å². The number of hydrogen-bond donors (Lipinski definition) is 2. The van der Waals surface area contributed by atoms with Gasteiger partial charge < -0.3 is 5.32 Å². The summed E-state index contributed by atoms with van der Waals surface area (Å²) in [5, 5.41) is 2.67. The van der Waals surface area contributed by atoms with Gasteiger partial charge in [-0.25, -0.2) is 9.97 Å². The zero-order chi connectivity index (χ0) is 15.6. The molecule has 0 fully saturated rings. The highest BCUT2D eigenvalue weighted by molar-refractivity contribution is 7.80. The second-order valence-electron chi connectivity index (χ2n) is 5.00. The maximum absolute atomic E-state index is 13.1. The SMILES string of the molecule is Cc1nc2c(c(C(F)(F)F)n1)CC(C(=O)NCCS)CC2. The van der Waals surface area contributed by atoms with Crippen LogP contribution in [0, 0.1) is 12.8 Å². The molecule has 0 saturated carbocycles. The minimum atomic E-state index is -4.53. The number of amides is 1. The lowest BCUT2D eigenvalue weighted by Gasteiger charge is -2.25. The van der Waals surface area contributed by atoms with E-state index in [9.17, 15) is 18.0 Å². The summed E-state index contributed by atoms with van der Waals surface area (Å²) < 4.78 is 39.3. The van der Waals surface area contributed by atoms with E-state index in [2.05, 4.69) is 27.9 Å². The van der Waals surface area contributed by atoms with Crippen molar-refractivity contribution in [1.82, 2.24) is 15.3 Å². The van der Waals surface area contributed by atoms with E-state index in [1.165, 1.54) is 6.92 Å². The van der Waals surface area contributed by atoms with Gasteiger partial charge in [-0.1, -0.05) is 0 Å². The molecular weight excluding hydrogens is 303 g/mol. The van der Waals surface area contributed by atoms with Gasteiger partial charge in [0.2, 0.25) is 5.91 Å². The van der Waals surface area contributed by atoms with Gasteiger partial charge in [0.25, 0.3) is 0 Å². The minimum absolute atomic E-state index is 0.0306. The predicted molar refractivity (Wildman–Crippen MR) is 74.1 cm³/mol. The van der Waals surface area contributed by atoms with Crippen molar-refractivity contribution in [2.24, 2.45) is 5.92 Å². The molecule has 0 spiro atoms. The first-order valence-electron chi connectivity index (χ1n) is 6.65. The number of carbonyl (C=O) groups excluding carboxylic acids is 1. The molecule has 116 valence electrons. The molecule has 1 amide bonds. The standard InChI is InChI=1S/C13H16F3N3OS/c1-7-18-10-3-2-8(12(20)17-4-5-21)6-9(10)11(19-7)13(14,15)16/h8,21H,2-6H2,1H3,(H,17,20). The Morgan fingerprint density at radius 1 is 1.43 bits per heavy atom. The Morgan fingerprint density at radius 2 is 2.14 bits per heavy atom. The number of fused-ring (bicyclic) bond motifs is 1. The van der Waals surface area contributed by atoms with Crippen LogP contribution in [0.5, 0.6) is 0 Å². The first-order chi connectivity index (χ1) is 9.82. The number of carbonyl (C=O) groups is 1. The largest absolute Gasteiger partial charge is 0.433 e. The normalized spacial score (nSPS) is 18.2. The molecule has 8 heteroatoms. The average molecular weight is 319 g/mol. The molecule has 0 aromatic carbocycles. The highest BCUT2D eigenvalue weighted by atomic mass is 32.1. The van der Waals surface area contributed by atoms with Crippen molar-refractivity contribution in [1.29, 1.82) is 0 Å². The van der Waals surface area contributed by atoms with E-state index in [1.807, 2.05) is 0 Å². The van der Waals surface area contributed by atoms with E-state index in [1.54, 1.807) is 0 Å². The lowest BCUT2D eigenvalue weighted by Crippen LogP contribution is -2.36. The molecule has 0 radical (unpaired) electrons. The molecule has 0 saturated heterocycles. The van der Waals surface area contributed by atoms with E-state index >= 15 is 0 Å². The number of alkyl halides is 3. The third kappa shape index (κ3) is 3.66. The summed E-state index contributed by atoms with van der Waals surface area (Å²) in [5.74, 6) is -0.0993. The number of halogens is 3. The fourth-order valence-corrected chi connectivity index (χ4v) is 2.63. The molecule has 1 aliphatic carbocycles. The third-order valence-corrected chi connectivity index (χ3v) is 3.66. The maximum atomic E-state index is 13.1. The molecule has 1 aromatic rings. The van der Waals surface area contributed by atoms with Gasteiger partial charge in [0.1, 0.15) is 5.82 Å². The van der Waals surface area contributed by atoms with E-state index < -0.39 is 17.8 Å². The molecule has 21 heavy (non-hydrogen) atoms. The Hall–Kier alpha value is -1.31. The van der Waals surface area contributed by atoms with Crippen LogP contribution in [0.25, 0.3) is 0 Å². The fourth-order valence-electron chi connectivity index (χ4n) is 2.52. The quantitative estimate of drug-likeness (QED) is 0.838. The summed E-state index contributed by atoms with van der Waals surface area (Å²) in [5.41, 5.74) is -0.435. The van der Waals surface area contributed by atoms with Crippen LogP contribution in [-0.4, -0.2) is 28.2 Å². The number of aromatic nitrogens is 2. The van der Waals surface area contributed by atoms with Crippen LogP contribution in [0.2, 0.25) is 0 Å². The highest BCUT2D eigenvalue weighted by Crippen LogP contribution is 2.35. The van der Waals surface area contributed by atoms with Crippen molar-refractivity contribution in [3.8, 4) is 0 Å². The van der Waals surface area contributed by atoms with Gasteiger partial charge in [0.15, 0.2) is 5.69 Å². The van der Waals surface area contributed by atoms with Crippen molar-refractivity contribution < 1.29 is 18.0 Å². The smallest absolute Gasteiger partial charge is 0.355 e. The molecule has 1 aromatic heterocycles. The monoisotopic (exact) mass is 319 g/mol. The number of thiol groups is 1. The summed E-state index contributed by atoms with van der Waals surface area (Å²) >= 11 is 3.99. The molecule has 1 heterocycles. The molecule has 0 aliphatic heterocycles. The number of hydrogen-bond acceptors (Lipinski definition) is 4. The maximum Gasteiger partial charge on any atom is 0.433 e. The molecule has 1 atom stereocenters. The van der Waals surface area contributed by atoms with Crippen LogP contribution in [-0.2, 0) is 23.8 Å². The van der Waals surface area contributed by atoms with Crippen LogP contribution in [0.3, 0.4) is 0 Å². The Balaban J connectivity index is 2.29. The molecule has 0 bridgehead atoms. The fraction of sp³-hybridized carbons (Fsp3) is 0.615. The van der Waals surface area contributed by atoms with Crippen LogP contribution in [0.1, 0.15) is 29.2 Å². The topological polar surface area (TPSA) is 54.9 Å². The summed E-state index contributed by atoms with van der Waals surface area (Å²) in [6, 6.07) is 0. The summed E-state index contributed by atoms with van der Waals surface area (Å²) in [4.78, 5) is 19.5. The second-order valence-corrected chi connectivity index (χ2v) is 5.44. The van der Waals surface area contributed by atoms with Gasteiger partial charge in [-0.3, -0.25) is 4.79 Å². The zero-order valence-electron chi connectivity index (χ0n) is 11.5. The molecule has 2 rings (SSSR count). The van der Waals surface area contributed by atoms with Gasteiger partial charge in [-0.05, 0) is 26.2 Å². The van der Waals surface area contributed by atoms with Crippen LogP contribution < -0.4 is 5.32 Å². The van der Waals surface area contributed by atoms with Gasteiger partial charge in [-0.15, -0.1) is 0 Å². The van der Waals surface area contributed by atoms with Gasteiger partial charge >= 0.3 is 6.18 Å². The predicted octanol–water partition coefficient (Wildman–Crippen LogP) is 1.95. The van der Waals surface area contributed by atoms with Crippen molar-refractivity contribution in [2.45, 2.75) is 32.4 Å². The van der Waals surface area contributed by atoms with Crippen molar-refractivity contribution in [3.05, 3.63) is 22.8 Å². The Bertz CT molecular complexity index is 548. The van der Waals surface area contributed by atoms with Crippen LogP contribution in [0.4, 0.5) is 13.2 Å². The summed E-state index contributed by atoms with van der Waals surface area (Å²) in [6.07, 6.45) is -3.63. The number of nitrogens with one attached hydrogen (secondary N) is 1. The molecule has 1 unspecified atom stereocenters. The zero-order valence-corrected chi connectivity index (χ0v) is 12.4. The van der Waals surface area contributed by atoms with Crippen LogP contribution in [0.15, 0.2) is 0 Å². The van der Waals surface area contributed by atoms with E-state index in [0.29, 0.717) is 30.8 Å². The van der Waals surface area contributed by atoms with Crippen LogP contribution >= 0.6 is 12.6 Å². The van der Waals surface area contributed by atoms with Crippen molar-refractivity contribution in [2.75, 3.05) is 12.3 Å². The highest BCUT2D eigenvalue weighted by Gasteiger charge is 2.39. The van der Waals surface area contributed by atoms with Crippen molar-refractivity contribution >= 4 is 18.5 Å². The van der Waals surface area contributed by atoms with Gasteiger partial charge in [0, 0.05) is 29.5 Å². The van der Waals surface area contributed by atoms with Gasteiger partial charge in [0.05, 0.1) is 0 Å². The van der Waals surface area contributed by atoms with Crippen molar-refractivity contribution in [3.63, 3.8) is 0 Å². The van der Waals surface area contributed by atoms with E-state index in [-0.39, 0.29) is 23.7 Å². The summed E-state index contributed by atoms with van der Waals surface area (Å²) in [7, 11) is 0. The average Bonchev–Trinajstić information content (AvgIpc) is 2.42.